The zero-order chi connectivity index (χ0) is 21.2. The molecule has 3 rings (SSSR count). The van der Waals surface area contributed by atoms with E-state index in [1.165, 1.54) is 6.07 Å². The molecule has 0 heterocycles. The van der Waals surface area contributed by atoms with Crippen LogP contribution in [-0.2, 0) is 22.6 Å². The van der Waals surface area contributed by atoms with E-state index >= 15 is 0 Å². The Balaban J connectivity index is 1.54. The topological polar surface area (TPSA) is 63.2 Å². The second-order valence-corrected chi connectivity index (χ2v) is 9.16. The van der Waals surface area contributed by atoms with Crippen molar-refractivity contribution in [2.45, 2.75) is 44.2 Å². The highest BCUT2D eigenvalue weighted by Gasteiger charge is 2.32. The number of benzene rings is 2. The smallest absolute Gasteiger partial charge is 0.294 e. The summed E-state index contributed by atoms with van der Waals surface area (Å²) in [5.74, 6) is 0.142. The molecule has 1 aliphatic rings. The molecule has 29 heavy (non-hydrogen) atoms. The lowest BCUT2D eigenvalue weighted by atomic mass is 9.93. The van der Waals surface area contributed by atoms with E-state index in [9.17, 15) is 26.4 Å². The molecule has 1 atom stereocenters. The van der Waals surface area contributed by atoms with Crippen LogP contribution >= 0.6 is 0 Å². The van der Waals surface area contributed by atoms with Crippen LogP contribution in [0, 0.1) is 0 Å². The normalized spacial score (nSPS) is 16.5. The highest BCUT2D eigenvalue weighted by Crippen LogP contribution is 2.39. The summed E-state index contributed by atoms with van der Waals surface area (Å²) in [4.78, 5) is 12.4. The predicted octanol–water partition coefficient (Wildman–Crippen LogP) is 5.16. The molecule has 0 aromatic heterocycles. The van der Waals surface area contributed by atoms with E-state index in [1.54, 1.807) is 30.3 Å². The lowest BCUT2D eigenvalue weighted by Gasteiger charge is -2.13. The van der Waals surface area contributed by atoms with Crippen LogP contribution in [0.25, 0.3) is 0 Å². The Morgan fingerprint density at radius 1 is 1.14 bits per heavy atom. The fourth-order valence-electron chi connectivity index (χ4n) is 3.77. The molecule has 0 fully saturated rings. The minimum Gasteiger partial charge on any atom is -0.294 e. The number of halogens is 3. The third-order valence-electron chi connectivity index (χ3n) is 5.14. The van der Waals surface area contributed by atoms with Crippen molar-refractivity contribution in [1.82, 2.24) is 0 Å². The fraction of sp³-hybridized carbons (Fsp3) is 0.381. The summed E-state index contributed by atoms with van der Waals surface area (Å²) in [5.41, 5.74) is 2.00. The number of nitrogens with one attached hydrogen (secondary N) is 1. The van der Waals surface area contributed by atoms with Crippen molar-refractivity contribution in [2.24, 2.45) is 0 Å². The first-order valence-electron chi connectivity index (χ1n) is 9.34. The summed E-state index contributed by atoms with van der Waals surface area (Å²) in [7, 11) is -3.37. The molecule has 2 aromatic carbocycles. The van der Waals surface area contributed by atoms with E-state index in [4.69, 9.17) is 0 Å². The minimum absolute atomic E-state index is 0.0402. The van der Waals surface area contributed by atoms with Gasteiger partial charge in [0.2, 0.25) is 10.0 Å². The van der Waals surface area contributed by atoms with Crippen molar-refractivity contribution in [3.63, 3.8) is 0 Å². The number of aryl methyl sites for hydroxylation is 1. The number of Topliss-reactive ketones (excluding diaryl/α,β-unsaturated/α-hetero) is 1. The van der Waals surface area contributed by atoms with Gasteiger partial charge in [-0.05, 0) is 79.1 Å². The van der Waals surface area contributed by atoms with Gasteiger partial charge in [0.1, 0.15) is 0 Å². The van der Waals surface area contributed by atoms with Crippen LogP contribution in [0.3, 0.4) is 0 Å². The Bertz CT molecular complexity index is 999. The molecule has 0 saturated carbocycles. The van der Waals surface area contributed by atoms with Gasteiger partial charge in [-0.3, -0.25) is 9.52 Å². The molecule has 0 spiro atoms. The van der Waals surface area contributed by atoms with Gasteiger partial charge in [-0.15, -0.1) is 0 Å². The first-order valence-corrected chi connectivity index (χ1v) is 11.2. The number of alkyl halides is 3. The van der Waals surface area contributed by atoms with E-state index in [-0.39, 0.29) is 11.7 Å². The summed E-state index contributed by atoms with van der Waals surface area (Å²) in [5, 5.41) is 0. The fourth-order valence-corrected chi connectivity index (χ4v) is 4.34. The number of rotatable bonds is 7. The number of ketones is 1. The molecule has 1 N–H and O–H groups in total. The van der Waals surface area contributed by atoms with Crippen LogP contribution < -0.4 is 4.72 Å². The van der Waals surface area contributed by atoms with E-state index in [0.29, 0.717) is 30.5 Å². The molecule has 2 aromatic rings. The molecule has 1 aliphatic carbocycles. The first-order chi connectivity index (χ1) is 13.5. The second kappa shape index (κ2) is 8.18. The van der Waals surface area contributed by atoms with Gasteiger partial charge in [-0.1, -0.05) is 6.07 Å². The van der Waals surface area contributed by atoms with Crippen molar-refractivity contribution >= 4 is 21.5 Å². The van der Waals surface area contributed by atoms with Crippen molar-refractivity contribution < 1.29 is 26.4 Å². The molecular formula is C21H22F3NO3S. The Kier molecular flexibility index (Phi) is 6.03. The molecule has 0 saturated heterocycles. The van der Waals surface area contributed by atoms with Gasteiger partial charge >= 0.3 is 6.18 Å². The molecule has 4 nitrogen and oxygen atoms in total. The van der Waals surface area contributed by atoms with Gasteiger partial charge in [0.25, 0.3) is 0 Å². The summed E-state index contributed by atoms with van der Waals surface area (Å²) in [6.45, 7) is 0. The SMILES string of the molecule is CS(=O)(=O)Nc1ccc(C(=O)CCCC2CCc3cc(C(F)(F)F)ccc32)cc1. The van der Waals surface area contributed by atoms with Gasteiger partial charge < -0.3 is 0 Å². The van der Waals surface area contributed by atoms with E-state index in [0.717, 1.165) is 36.3 Å². The van der Waals surface area contributed by atoms with E-state index < -0.39 is 21.8 Å². The molecule has 0 bridgehead atoms. The average molecular weight is 425 g/mol. The summed E-state index contributed by atoms with van der Waals surface area (Å²) in [6.07, 6.45) is -0.108. The van der Waals surface area contributed by atoms with Gasteiger partial charge in [-0.25, -0.2) is 8.42 Å². The van der Waals surface area contributed by atoms with Crippen LogP contribution in [0.15, 0.2) is 42.5 Å². The summed E-state index contributed by atoms with van der Waals surface area (Å²) < 4.78 is 63.3. The van der Waals surface area contributed by atoms with Gasteiger partial charge in [0, 0.05) is 17.7 Å². The lowest BCUT2D eigenvalue weighted by Crippen LogP contribution is -2.09. The molecule has 8 heteroatoms. The summed E-state index contributed by atoms with van der Waals surface area (Å²) in [6, 6.07) is 10.2. The van der Waals surface area contributed by atoms with Crippen LogP contribution in [0.4, 0.5) is 18.9 Å². The van der Waals surface area contributed by atoms with Crippen LogP contribution in [0.2, 0.25) is 0 Å². The average Bonchev–Trinajstić information content (AvgIpc) is 3.02. The lowest BCUT2D eigenvalue weighted by molar-refractivity contribution is -0.137. The second-order valence-electron chi connectivity index (χ2n) is 7.41. The number of sulfonamides is 1. The van der Waals surface area contributed by atoms with Crippen LogP contribution in [0.5, 0.6) is 0 Å². The molecule has 156 valence electrons. The summed E-state index contributed by atoms with van der Waals surface area (Å²) >= 11 is 0. The molecule has 0 aliphatic heterocycles. The number of hydrogen-bond acceptors (Lipinski definition) is 3. The number of anilines is 1. The Morgan fingerprint density at radius 3 is 2.45 bits per heavy atom. The van der Waals surface area contributed by atoms with Crippen molar-refractivity contribution in [2.75, 3.05) is 11.0 Å². The van der Waals surface area contributed by atoms with Crippen LogP contribution in [0.1, 0.15) is 58.6 Å². The van der Waals surface area contributed by atoms with E-state index in [2.05, 4.69) is 4.72 Å². The maximum absolute atomic E-state index is 12.8. The van der Waals surface area contributed by atoms with Gasteiger partial charge in [0.05, 0.1) is 11.8 Å². The number of fused-ring (bicyclic) bond motifs is 1. The Morgan fingerprint density at radius 2 is 1.83 bits per heavy atom. The molecule has 0 radical (unpaired) electrons. The quantitative estimate of drug-likeness (QED) is 0.624. The van der Waals surface area contributed by atoms with E-state index in [1.807, 2.05) is 0 Å². The van der Waals surface area contributed by atoms with Gasteiger partial charge in [-0.2, -0.15) is 13.2 Å². The Hall–Kier alpha value is -2.35. The van der Waals surface area contributed by atoms with Crippen molar-refractivity contribution in [3.8, 4) is 0 Å². The highest BCUT2D eigenvalue weighted by atomic mass is 32.2. The predicted molar refractivity (Wildman–Crippen MR) is 106 cm³/mol. The largest absolute Gasteiger partial charge is 0.416 e. The first kappa shape index (κ1) is 21.4. The Labute approximate surface area is 168 Å². The zero-order valence-electron chi connectivity index (χ0n) is 15.9. The molecule has 0 amide bonds. The number of carbonyl (C=O) groups is 1. The van der Waals surface area contributed by atoms with Crippen molar-refractivity contribution in [3.05, 3.63) is 64.7 Å². The highest BCUT2D eigenvalue weighted by molar-refractivity contribution is 7.92. The molecule has 1 unspecified atom stereocenters. The van der Waals surface area contributed by atoms with Crippen molar-refractivity contribution in [1.29, 1.82) is 0 Å². The minimum atomic E-state index is -4.33. The van der Waals surface area contributed by atoms with Crippen LogP contribution in [-0.4, -0.2) is 20.5 Å². The zero-order valence-corrected chi connectivity index (χ0v) is 16.7. The number of carbonyl (C=O) groups excluding carboxylic acids is 1. The monoisotopic (exact) mass is 425 g/mol. The maximum atomic E-state index is 12.8. The third-order valence-corrected chi connectivity index (χ3v) is 5.75. The van der Waals surface area contributed by atoms with Gasteiger partial charge in [0.15, 0.2) is 5.78 Å². The maximum Gasteiger partial charge on any atom is 0.416 e. The third kappa shape index (κ3) is 5.59. The molecular weight excluding hydrogens is 403 g/mol. The number of hydrogen-bond donors (Lipinski definition) is 1. The standard InChI is InChI=1S/C21H22F3NO3S/c1-29(27,28)25-18-10-7-15(8-11-18)20(26)4-2-3-14-5-6-16-13-17(21(22,23)24)9-12-19(14)16/h7-14,25H,2-6H2,1H3.